The van der Waals surface area contributed by atoms with Crippen LogP contribution in [0.1, 0.15) is 11.3 Å². The number of rotatable bonds is 3. The Morgan fingerprint density at radius 1 is 1.46 bits per heavy atom. The van der Waals surface area contributed by atoms with Gasteiger partial charge >= 0.3 is 6.18 Å². The molecule has 1 rings (SSSR count). The average Bonchev–Trinajstić information content (AvgIpc) is 2.34. The van der Waals surface area contributed by atoms with Gasteiger partial charge in [-0.05, 0) is 6.54 Å². The van der Waals surface area contributed by atoms with Crippen LogP contribution in [0.5, 0.6) is 0 Å². The third kappa shape index (κ3) is 3.06. The van der Waals surface area contributed by atoms with Crippen LogP contribution in [0.25, 0.3) is 0 Å². The van der Waals surface area contributed by atoms with Gasteiger partial charge in [-0.3, -0.25) is 5.10 Å². The molecule has 0 fully saturated rings. The number of hydrogen-bond acceptors (Lipinski definition) is 2. The molecule has 0 atom stereocenters. The number of hydrogen-bond donors (Lipinski definition) is 2. The summed E-state index contributed by atoms with van der Waals surface area (Å²) in [5, 5.41) is 6.04. The maximum absolute atomic E-state index is 12.0. The SMILES string of the molecule is NCCc1[nH]ncc1CC(F)(F)F. The van der Waals surface area contributed by atoms with Crippen molar-refractivity contribution < 1.29 is 13.2 Å². The lowest BCUT2D eigenvalue weighted by Gasteiger charge is -2.05. The Labute approximate surface area is 73.1 Å². The Hall–Kier alpha value is -1.04. The summed E-state index contributed by atoms with van der Waals surface area (Å²) >= 11 is 0. The first-order valence-electron chi connectivity index (χ1n) is 3.81. The minimum absolute atomic E-state index is 0.179. The molecule has 0 unspecified atom stereocenters. The fraction of sp³-hybridized carbons (Fsp3) is 0.571. The van der Waals surface area contributed by atoms with Gasteiger partial charge in [0.15, 0.2) is 0 Å². The lowest BCUT2D eigenvalue weighted by atomic mass is 10.1. The number of H-pyrrole nitrogens is 1. The van der Waals surface area contributed by atoms with E-state index in [0.717, 1.165) is 0 Å². The molecular formula is C7H10F3N3. The topological polar surface area (TPSA) is 54.7 Å². The second kappa shape index (κ2) is 3.78. The molecule has 6 heteroatoms. The maximum atomic E-state index is 12.0. The highest BCUT2D eigenvalue weighted by Gasteiger charge is 2.29. The molecule has 74 valence electrons. The maximum Gasteiger partial charge on any atom is 0.393 e. The Balaban J connectivity index is 2.70. The Morgan fingerprint density at radius 2 is 2.15 bits per heavy atom. The summed E-state index contributed by atoms with van der Waals surface area (Å²) in [6, 6.07) is 0. The molecular weight excluding hydrogens is 183 g/mol. The van der Waals surface area contributed by atoms with Gasteiger partial charge in [0.25, 0.3) is 0 Å². The van der Waals surface area contributed by atoms with E-state index in [-0.39, 0.29) is 5.56 Å². The van der Waals surface area contributed by atoms with Crippen LogP contribution in [0.3, 0.4) is 0 Å². The van der Waals surface area contributed by atoms with Crippen molar-refractivity contribution in [2.75, 3.05) is 6.54 Å². The number of aromatic amines is 1. The molecule has 1 heterocycles. The van der Waals surface area contributed by atoms with Gasteiger partial charge in [-0.25, -0.2) is 0 Å². The normalized spacial score (nSPS) is 12.0. The summed E-state index contributed by atoms with van der Waals surface area (Å²) in [5.41, 5.74) is 5.87. The first-order valence-corrected chi connectivity index (χ1v) is 3.81. The summed E-state index contributed by atoms with van der Waals surface area (Å²) < 4.78 is 35.9. The van der Waals surface area contributed by atoms with Gasteiger partial charge in [-0.2, -0.15) is 18.3 Å². The molecule has 3 N–H and O–H groups in total. The second-order valence-corrected chi connectivity index (χ2v) is 2.70. The van der Waals surface area contributed by atoms with Gasteiger partial charge in [0.05, 0.1) is 12.6 Å². The van der Waals surface area contributed by atoms with Crippen LogP contribution in [0.15, 0.2) is 6.20 Å². The van der Waals surface area contributed by atoms with Crippen LogP contribution in [0.4, 0.5) is 13.2 Å². The number of nitrogens with two attached hydrogens (primary N) is 1. The van der Waals surface area contributed by atoms with Crippen LogP contribution < -0.4 is 5.73 Å². The molecule has 1 aromatic heterocycles. The van der Waals surface area contributed by atoms with Crippen molar-refractivity contribution in [1.82, 2.24) is 10.2 Å². The number of nitrogens with zero attached hydrogens (tertiary/aromatic N) is 1. The molecule has 13 heavy (non-hydrogen) atoms. The Bertz CT molecular complexity index is 266. The van der Waals surface area contributed by atoms with Crippen LogP contribution in [-0.2, 0) is 12.8 Å². The minimum atomic E-state index is -4.19. The summed E-state index contributed by atoms with van der Waals surface area (Å²) in [4.78, 5) is 0. The summed E-state index contributed by atoms with van der Waals surface area (Å²) in [6.07, 6.45) is -3.55. The van der Waals surface area contributed by atoms with Gasteiger partial charge in [0.1, 0.15) is 0 Å². The van der Waals surface area contributed by atoms with E-state index in [2.05, 4.69) is 10.2 Å². The second-order valence-electron chi connectivity index (χ2n) is 2.70. The van der Waals surface area contributed by atoms with Gasteiger partial charge in [0, 0.05) is 17.7 Å². The zero-order valence-corrected chi connectivity index (χ0v) is 6.86. The van der Waals surface area contributed by atoms with E-state index in [9.17, 15) is 13.2 Å². The van der Waals surface area contributed by atoms with Crippen molar-refractivity contribution in [2.24, 2.45) is 5.73 Å². The molecule has 0 saturated heterocycles. The molecule has 0 aliphatic rings. The molecule has 0 saturated carbocycles. The average molecular weight is 193 g/mol. The molecule has 1 aromatic rings. The summed E-state index contributed by atoms with van der Waals surface area (Å²) in [6.45, 7) is 0.313. The molecule has 0 spiro atoms. The molecule has 0 aliphatic carbocycles. The van der Waals surface area contributed by atoms with Crippen molar-refractivity contribution in [2.45, 2.75) is 19.0 Å². The number of halogens is 3. The van der Waals surface area contributed by atoms with Crippen molar-refractivity contribution in [3.63, 3.8) is 0 Å². The van der Waals surface area contributed by atoms with Crippen LogP contribution >= 0.6 is 0 Å². The number of nitrogens with one attached hydrogen (secondary N) is 1. The third-order valence-electron chi connectivity index (χ3n) is 1.59. The highest BCUT2D eigenvalue weighted by Crippen LogP contribution is 2.22. The predicted octanol–water partition coefficient (Wildman–Crippen LogP) is 1.02. The van der Waals surface area contributed by atoms with Crippen LogP contribution in [0.2, 0.25) is 0 Å². The molecule has 0 aliphatic heterocycles. The minimum Gasteiger partial charge on any atom is -0.330 e. The monoisotopic (exact) mass is 193 g/mol. The molecule has 0 radical (unpaired) electrons. The van der Waals surface area contributed by atoms with Gasteiger partial charge < -0.3 is 5.73 Å². The predicted molar refractivity (Wildman–Crippen MR) is 41.1 cm³/mol. The van der Waals surface area contributed by atoms with Crippen molar-refractivity contribution in [3.8, 4) is 0 Å². The van der Waals surface area contributed by atoms with Crippen molar-refractivity contribution >= 4 is 0 Å². The molecule has 0 bridgehead atoms. The Kier molecular flexibility index (Phi) is 2.92. The highest BCUT2D eigenvalue weighted by atomic mass is 19.4. The Morgan fingerprint density at radius 3 is 2.69 bits per heavy atom. The molecule has 3 nitrogen and oxygen atoms in total. The van der Waals surface area contributed by atoms with Crippen LogP contribution in [-0.4, -0.2) is 22.9 Å². The summed E-state index contributed by atoms with van der Waals surface area (Å²) in [5.74, 6) is 0. The zero-order valence-electron chi connectivity index (χ0n) is 6.86. The van der Waals surface area contributed by atoms with Gasteiger partial charge in [0.2, 0.25) is 0 Å². The van der Waals surface area contributed by atoms with Gasteiger partial charge in [-0.1, -0.05) is 0 Å². The standard InChI is InChI=1S/C7H10F3N3/c8-7(9,10)3-5-4-12-13-6(5)1-2-11/h4H,1-3,11H2,(H,12,13). The first-order chi connectivity index (χ1) is 6.03. The van der Waals surface area contributed by atoms with E-state index in [4.69, 9.17) is 5.73 Å². The highest BCUT2D eigenvalue weighted by molar-refractivity contribution is 5.17. The molecule has 0 aromatic carbocycles. The summed E-state index contributed by atoms with van der Waals surface area (Å²) in [7, 11) is 0. The first kappa shape index (κ1) is 10.0. The quantitative estimate of drug-likeness (QED) is 0.752. The fourth-order valence-corrected chi connectivity index (χ4v) is 1.07. The van der Waals surface area contributed by atoms with Crippen LogP contribution in [0, 0.1) is 0 Å². The molecule has 0 amide bonds. The van der Waals surface area contributed by atoms with Crippen molar-refractivity contribution in [3.05, 3.63) is 17.5 Å². The largest absolute Gasteiger partial charge is 0.393 e. The number of alkyl halides is 3. The third-order valence-corrected chi connectivity index (χ3v) is 1.59. The lowest BCUT2D eigenvalue weighted by molar-refractivity contribution is -0.127. The lowest BCUT2D eigenvalue weighted by Crippen LogP contribution is -2.13. The fourth-order valence-electron chi connectivity index (χ4n) is 1.07. The van der Waals surface area contributed by atoms with E-state index in [1.54, 1.807) is 0 Å². The van der Waals surface area contributed by atoms with E-state index >= 15 is 0 Å². The van der Waals surface area contributed by atoms with E-state index in [0.29, 0.717) is 18.7 Å². The zero-order chi connectivity index (χ0) is 9.90. The number of aromatic nitrogens is 2. The van der Waals surface area contributed by atoms with E-state index in [1.165, 1.54) is 6.20 Å². The smallest absolute Gasteiger partial charge is 0.330 e. The van der Waals surface area contributed by atoms with E-state index < -0.39 is 12.6 Å². The van der Waals surface area contributed by atoms with E-state index in [1.807, 2.05) is 0 Å². The van der Waals surface area contributed by atoms with Gasteiger partial charge in [-0.15, -0.1) is 0 Å². The van der Waals surface area contributed by atoms with Crippen molar-refractivity contribution in [1.29, 1.82) is 0 Å².